The van der Waals surface area contributed by atoms with Crippen molar-refractivity contribution in [3.63, 3.8) is 0 Å². The molecule has 1 aromatic carbocycles. The molecule has 27 heavy (non-hydrogen) atoms. The van der Waals surface area contributed by atoms with Crippen molar-refractivity contribution < 1.29 is 14.9 Å². The smallest absolute Gasteiger partial charge is 0.279 e. The van der Waals surface area contributed by atoms with Gasteiger partial charge in [0.05, 0.1) is 17.3 Å². The molecule has 0 unspecified atom stereocenters. The molecule has 2 fully saturated rings. The van der Waals surface area contributed by atoms with Crippen molar-refractivity contribution >= 4 is 17.5 Å². The fourth-order valence-corrected chi connectivity index (χ4v) is 4.32. The van der Waals surface area contributed by atoms with Crippen LogP contribution in [0.25, 0.3) is 0 Å². The Kier molecular flexibility index (Phi) is 7.69. The van der Waals surface area contributed by atoms with E-state index < -0.39 is 0 Å². The maximum atomic E-state index is 12.6. The molecular formula is C22H34N3O2+. The van der Waals surface area contributed by atoms with Crippen molar-refractivity contribution in [3.05, 3.63) is 29.8 Å². The molecule has 4 N–H and O–H groups in total. The van der Waals surface area contributed by atoms with Gasteiger partial charge in [-0.25, -0.2) is 0 Å². The predicted octanol–water partition coefficient (Wildman–Crippen LogP) is 2.97. The topological polar surface area (TPSA) is 74.8 Å². The summed E-state index contributed by atoms with van der Waals surface area (Å²) in [5.74, 6) is -0.111. The molecule has 0 atom stereocenters. The van der Waals surface area contributed by atoms with Crippen LogP contribution in [0.5, 0.6) is 0 Å². The molecule has 0 spiro atoms. The quantitative estimate of drug-likeness (QED) is 0.718. The lowest BCUT2D eigenvalue weighted by atomic mass is 9.97. The zero-order valence-electron chi connectivity index (χ0n) is 16.3. The second-order valence-electron chi connectivity index (χ2n) is 8.09. The standard InChI is InChI=1S/C22H33N3O2/c26-21(16-23-17-10-4-2-1-3-5-11-17)25-20-15-9-8-14-19(20)22(27)24-18-12-6-7-13-18/h8-9,14-15,17-18,23H,1-7,10-13,16H2,(H,24,27)(H,25,26)/p+1. The second-order valence-corrected chi connectivity index (χ2v) is 8.09. The number of hydrogen-bond acceptors (Lipinski definition) is 2. The Balaban J connectivity index is 1.51. The summed E-state index contributed by atoms with van der Waals surface area (Å²) in [6.45, 7) is 0.420. The molecule has 1 aromatic rings. The molecule has 3 rings (SSSR count). The Bertz CT molecular complexity index is 618. The molecule has 2 saturated carbocycles. The normalized spacial score (nSPS) is 19.3. The summed E-state index contributed by atoms with van der Waals surface area (Å²) in [6, 6.07) is 8.14. The van der Waals surface area contributed by atoms with E-state index in [-0.39, 0.29) is 17.9 Å². The van der Waals surface area contributed by atoms with Crippen molar-refractivity contribution in [1.29, 1.82) is 0 Å². The van der Waals surface area contributed by atoms with E-state index in [9.17, 15) is 9.59 Å². The first kappa shape index (κ1) is 19.9. The minimum absolute atomic E-state index is 0.0295. The number of hydrogen-bond donors (Lipinski definition) is 3. The van der Waals surface area contributed by atoms with Gasteiger partial charge in [0.15, 0.2) is 6.54 Å². The van der Waals surface area contributed by atoms with E-state index in [1.165, 1.54) is 57.8 Å². The number of nitrogens with two attached hydrogens (primary N) is 1. The molecule has 2 amide bonds. The number of para-hydroxylation sites is 1. The first-order chi connectivity index (χ1) is 13.2. The van der Waals surface area contributed by atoms with E-state index in [1.807, 2.05) is 18.2 Å². The van der Waals surface area contributed by atoms with Gasteiger partial charge in [-0.2, -0.15) is 0 Å². The lowest BCUT2D eigenvalue weighted by molar-refractivity contribution is -0.680. The van der Waals surface area contributed by atoms with Crippen LogP contribution in [0.4, 0.5) is 5.69 Å². The van der Waals surface area contributed by atoms with Crippen LogP contribution in [-0.4, -0.2) is 30.4 Å². The zero-order chi connectivity index (χ0) is 18.9. The molecule has 2 aliphatic carbocycles. The first-order valence-corrected chi connectivity index (χ1v) is 10.8. The lowest BCUT2D eigenvalue weighted by Gasteiger charge is -2.18. The fraction of sp³-hybridized carbons (Fsp3) is 0.636. The van der Waals surface area contributed by atoms with Crippen molar-refractivity contribution in [2.75, 3.05) is 11.9 Å². The van der Waals surface area contributed by atoms with E-state index in [1.54, 1.807) is 6.07 Å². The Morgan fingerprint density at radius 2 is 1.52 bits per heavy atom. The molecule has 2 aliphatic rings. The van der Waals surface area contributed by atoms with E-state index in [2.05, 4.69) is 16.0 Å². The third-order valence-corrected chi connectivity index (χ3v) is 5.92. The van der Waals surface area contributed by atoms with Crippen molar-refractivity contribution in [3.8, 4) is 0 Å². The Morgan fingerprint density at radius 3 is 2.26 bits per heavy atom. The molecule has 0 aliphatic heterocycles. The SMILES string of the molecule is O=C(C[NH2+]C1CCCCCCC1)Nc1ccccc1C(=O)NC1CCCC1. The van der Waals surface area contributed by atoms with Crippen LogP contribution in [0.15, 0.2) is 24.3 Å². The van der Waals surface area contributed by atoms with E-state index in [4.69, 9.17) is 0 Å². The van der Waals surface area contributed by atoms with Crippen LogP contribution in [-0.2, 0) is 4.79 Å². The Labute approximate surface area is 162 Å². The van der Waals surface area contributed by atoms with Crippen molar-refractivity contribution in [2.24, 2.45) is 0 Å². The Morgan fingerprint density at radius 1 is 0.889 bits per heavy atom. The van der Waals surface area contributed by atoms with Crippen molar-refractivity contribution in [1.82, 2.24) is 5.32 Å². The first-order valence-electron chi connectivity index (χ1n) is 10.8. The largest absolute Gasteiger partial charge is 0.349 e. The van der Waals surface area contributed by atoms with Gasteiger partial charge in [0, 0.05) is 6.04 Å². The van der Waals surface area contributed by atoms with Gasteiger partial charge in [-0.3, -0.25) is 9.59 Å². The summed E-state index contributed by atoms with van der Waals surface area (Å²) in [5.41, 5.74) is 1.17. The van der Waals surface area contributed by atoms with Crippen LogP contribution in [0.1, 0.15) is 81.0 Å². The summed E-state index contributed by atoms with van der Waals surface area (Å²) in [5, 5.41) is 8.24. The lowest BCUT2D eigenvalue weighted by Crippen LogP contribution is -2.91. The summed E-state index contributed by atoms with van der Waals surface area (Å²) < 4.78 is 0. The average molecular weight is 373 g/mol. The number of rotatable bonds is 6. The summed E-state index contributed by atoms with van der Waals surface area (Å²) >= 11 is 0. The highest BCUT2D eigenvalue weighted by atomic mass is 16.2. The van der Waals surface area contributed by atoms with Crippen molar-refractivity contribution in [2.45, 2.75) is 82.7 Å². The van der Waals surface area contributed by atoms with Gasteiger partial charge in [0.2, 0.25) is 0 Å². The molecule has 5 heteroatoms. The van der Waals surface area contributed by atoms with E-state index >= 15 is 0 Å². The van der Waals surface area contributed by atoms with Crippen LogP contribution in [0, 0.1) is 0 Å². The fourth-order valence-electron chi connectivity index (χ4n) is 4.32. The monoisotopic (exact) mass is 372 g/mol. The number of quaternary nitrogens is 1. The molecule has 0 heterocycles. The molecule has 0 bridgehead atoms. The van der Waals surface area contributed by atoms with Crippen LogP contribution in [0.3, 0.4) is 0 Å². The third-order valence-electron chi connectivity index (χ3n) is 5.92. The number of anilines is 1. The minimum atomic E-state index is -0.0817. The van der Waals surface area contributed by atoms with Gasteiger partial charge >= 0.3 is 0 Å². The van der Waals surface area contributed by atoms with Crippen LogP contribution in [0.2, 0.25) is 0 Å². The summed E-state index contributed by atoms with van der Waals surface area (Å²) in [7, 11) is 0. The number of benzene rings is 1. The highest BCUT2D eigenvalue weighted by molar-refractivity contribution is 6.04. The third kappa shape index (κ3) is 6.35. The highest BCUT2D eigenvalue weighted by Gasteiger charge is 2.21. The maximum absolute atomic E-state index is 12.6. The molecule has 0 radical (unpaired) electrons. The summed E-state index contributed by atoms with van der Waals surface area (Å²) in [4.78, 5) is 25.1. The van der Waals surface area contributed by atoms with Gasteiger partial charge in [0.25, 0.3) is 11.8 Å². The van der Waals surface area contributed by atoms with Gasteiger partial charge in [-0.1, -0.05) is 44.2 Å². The zero-order valence-corrected chi connectivity index (χ0v) is 16.3. The number of nitrogens with one attached hydrogen (secondary N) is 2. The second kappa shape index (κ2) is 10.5. The highest BCUT2D eigenvalue weighted by Crippen LogP contribution is 2.20. The molecule has 5 nitrogen and oxygen atoms in total. The van der Waals surface area contributed by atoms with Gasteiger partial charge in [-0.05, 0) is 50.7 Å². The van der Waals surface area contributed by atoms with E-state index in [0.717, 1.165) is 12.8 Å². The molecule has 148 valence electrons. The summed E-state index contributed by atoms with van der Waals surface area (Å²) in [6.07, 6.45) is 13.4. The van der Waals surface area contributed by atoms with Crippen LogP contribution >= 0.6 is 0 Å². The minimum Gasteiger partial charge on any atom is -0.349 e. The number of carbonyl (C=O) groups is 2. The molecule has 0 aromatic heterocycles. The molecular weight excluding hydrogens is 338 g/mol. The van der Waals surface area contributed by atoms with E-state index in [0.29, 0.717) is 23.8 Å². The van der Waals surface area contributed by atoms with Crippen LogP contribution < -0.4 is 16.0 Å². The van der Waals surface area contributed by atoms with Gasteiger partial charge in [0.1, 0.15) is 0 Å². The Hall–Kier alpha value is -1.88. The average Bonchev–Trinajstić information content (AvgIpc) is 3.14. The number of carbonyl (C=O) groups excluding carboxylic acids is 2. The predicted molar refractivity (Wildman–Crippen MR) is 108 cm³/mol. The maximum Gasteiger partial charge on any atom is 0.279 e. The molecule has 0 saturated heterocycles. The number of amides is 2. The van der Waals surface area contributed by atoms with Gasteiger partial charge < -0.3 is 16.0 Å². The van der Waals surface area contributed by atoms with Gasteiger partial charge in [-0.15, -0.1) is 0 Å².